The molecule has 0 atom stereocenters. The number of carbonyl (C=O) groups is 1. The highest BCUT2D eigenvalue weighted by molar-refractivity contribution is 5.75. The summed E-state index contributed by atoms with van der Waals surface area (Å²) in [5.41, 5.74) is 2.94. The highest BCUT2D eigenvalue weighted by atomic mass is 19.3. The van der Waals surface area contributed by atoms with Crippen LogP contribution in [0.25, 0.3) is 11.3 Å². The third-order valence-electron chi connectivity index (χ3n) is 4.09. The molecule has 3 aromatic rings. The number of alkyl halides is 4. The van der Waals surface area contributed by atoms with Crippen molar-refractivity contribution in [2.24, 2.45) is 0 Å². The molecular formula is C20H18F4N6O3. The molecular weight excluding hydrogens is 448 g/mol. The van der Waals surface area contributed by atoms with Gasteiger partial charge in [-0.15, -0.1) is 0 Å². The number of halogens is 4. The Kier molecular flexibility index (Phi) is 7.56. The van der Waals surface area contributed by atoms with Crippen molar-refractivity contribution in [3.8, 4) is 17.0 Å². The summed E-state index contributed by atoms with van der Waals surface area (Å²) in [6, 6.07) is 10.1. The van der Waals surface area contributed by atoms with Crippen molar-refractivity contribution in [3.05, 3.63) is 54.9 Å². The SMILES string of the molecule is O=C(CCNc1cc(-c2ccnc(Nc3cccc(OC(F)(F)C(F)F)c3)n2)ccn1)NO. The van der Waals surface area contributed by atoms with Crippen LogP contribution in [0, 0.1) is 0 Å². The number of amides is 1. The van der Waals surface area contributed by atoms with E-state index in [0.717, 1.165) is 12.1 Å². The maximum Gasteiger partial charge on any atom is 0.461 e. The molecule has 9 nitrogen and oxygen atoms in total. The van der Waals surface area contributed by atoms with Gasteiger partial charge >= 0.3 is 12.5 Å². The van der Waals surface area contributed by atoms with Crippen molar-refractivity contribution >= 4 is 23.4 Å². The average Bonchev–Trinajstić information content (AvgIpc) is 2.79. The molecule has 0 spiro atoms. The number of benzene rings is 1. The minimum atomic E-state index is -4.62. The number of anilines is 3. The minimum absolute atomic E-state index is 0.0377. The van der Waals surface area contributed by atoms with Gasteiger partial charge in [0.15, 0.2) is 0 Å². The molecule has 0 unspecified atom stereocenters. The van der Waals surface area contributed by atoms with Gasteiger partial charge in [0, 0.05) is 42.7 Å². The summed E-state index contributed by atoms with van der Waals surface area (Å²) in [6.45, 7) is 0.239. The molecule has 0 fully saturated rings. The first-order chi connectivity index (χ1) is 15.8. The van der Waals surface area contributed by atoms with Crippen LogP contribution in [-0.4, -0.2) is 45.1 Å². The summed E-state index contributed by atoms with van der Waals surface area (Å²) in [6.07, 6.45) is -5.56. The summed E-state index contributed by atoms with van der Waals surface area (Å²) < 4.78 is 55.1. The lowest BCUT2D eigenvalue weighted by Crippen LogP contribution is -2.33. The van der Waals surface area contributed by atoms with Crippen molar-refractivity contribution in [3.63, 3.8) is 0 Å². The van der Waals surface area contributed by atoms with Crippen molar-refractivity contribution < 1.29 is 32.3 Å². The van der Waals surface area contributed by atoms with Crippen LogP contribution in [0.3, 0.4) is 0 Å². The second-order valence-corrected chi connectivity index (χ2v) is 6.52. The second-order valence-electron chi connectivity index (χ2n) is 6.52. The molecule has 0 bridgehead atoms. The van der Waals surface area contributed by atoms with Gasteiger partial charge in [-0.05, 0) is 30.3 Å². The van der Waals surface area contributed by atoms with E-state index in [1.54, 1.807) is 18.2 Å². The van der Waals surface area contributed by atoms with Gasteiger partial charge in [0.05, 0.1) is 5.69 Å². The Morgan fingerprint density at radius 1 is 1.12 bits per heavy atom. The van der Waals surface area contributed by atoms with Crippen LogP contribution >= 0.6 is 0 Å². The Hall–Kier alpha value is -4.00. The molecule has 0 saturated carbocycles. The Labute approximate surface area is 184 Å². The zero-order valence-electron chi connectivity index (χ0n) is 16.8. The third kappa shape index (κ3) is 6.74. The fourth-order valence-corrected chi connectivity index (χ4v) is 2.59. The number of pyridine rings is 1. The highest BCUT2D eigenvalue weighted by Crippen LogP contribution is 2.29. The van der Waals surface area contributed by atoms with Crippen molar-refractivity contribution in [1.82, 2.24) is 20.4 Å². The summed E-state index contributed by atoms with van der Waals surface area (Å²) >= 11 is 0. The smallest absolute Gasteiger partial charge is 0.428 e. The van der Waals surface area contributed by atoms with E-state index in [9.17, 15) is 22.4 Å². The van der Waals surface area contributed by atoms with Crippen molar-refractivity contribution in [2.75, 3.05) is 17.2 Å². The zero-order chi connectivity index (χ0) is 23.8. The van der Waals surface area contributed by atoms with Gasteiger partial charge in [0.2, 0.25) is 11.9 Å². The Balaban J connectivity index is 1.71. The summed E-state index contributed by atoms with van der Waals surface area (Å²) in [5.74, 6) is -0.411. The molecule has 4 N–H and O–H groups in total. The normalized spacial score (nSPS) is 11.2. The van der Waals surface area contributed by atoms with Crippen LogP contribution in [0.2, 0.25) is 0 Å². The zero-order valence-corrected chi connectivity index (χ0v) is 16.8. The van der Waals surface area contributed by atoms with E-state index in [-0.39, 0.29) is 24.6 Å². The van der Waals surface area contributed by atoms with Crippen LogP contribution in [0.15, 0.2) is 54.9 Å². The molecule has 0 aliphatic carbocycles. The maximum absolute atomic E-state index is 13.1. The molecule has 1 amide bonds. The van der Waals surface area contributed by atoms with Crippen molar-refractivity contribution in [1.29, 1.82) is 0 Å². The lowest BCUT2D eigenvalue weighted by molar-refractivity contribution is -0.253. The molecule has 1 aromatic carbocycles. The van der Waals surface area contributed by atoms with E-state index in [4.69, 9.17) is 5.21 Å². The molecule has 13 heteroatoms. The molecule has 3 rings (SSSR count). The molecule has 0 radical (unpaired) electrons. The molecule has 2 heterocycles. The number of aromatic nitrogens is 3. The van der Waals surface area contributed by atoms with E-state index in [2.05, 4.69) is 30.3 Å². The predicted molar refractivity (Wildman–Crippen MR) is 110 cm³/mol. The number of rotatable bonds is 10. The first-order valence-electron chi connectivity index (χ1n) is 9.45. The molecule has 0 saturated heterocycles. The second kappa shape index (κ2) is 10.5. The van der Waals surface area contributed by atoms with Gasteiger partial charge in [-0.2, -0.15) is 17.6 Å². The Bertz CT molecular complexity index is 1100. The maximum atomic E-state index is 13.1. The fourth-order valence-electron chi connectivity index (χ4n) is 2.59. The van der Waals surface area contributed by atoms with Crippen LogP contribution in [0.1, 0.15) is 6.42 Å². The minimum Gasteiger partial charge on any atom is -0.428 e. The topological polar surface area (TPSA) is 121 Å². The number of nitrogens with zero attached hydrogens (tertiary/aromatic N) is 3. The van der Waals surface area contributed by atoms with Crippen LogP contribution in [0.4, 0.5) is 35.0 Å². The van der Waals surface area contributed by atoms with Crippen molar-refractivity contribution in [2.45, 2.75) is 19.0 Å². The molecule has 33 heavy (non-hydrogen) atoms. The summed E-state index contributed by atoms with van der Waals surface area (Å²) in [5, 5.41) is 14.2. The van der Waals surface area contributed by atoms with E-state index in [1.807, 2.05) is 0 Å². The standard InChI is InChI=1S/C20H18F4N6O3/c21-18(22)20(23,24)33-14-3-1-2-13(11-14)28-19-27-8-5-15(29-19)12-4-7-25-16(10-12)26-9-6-17(31)30-32/h1-5,7-8,10-11,18,32H,6,9H2,(H,25,26)(H,30,31)(H,27,28,29). The molecule has 0 aliphatic heterocycles. The Morgan fingerprint density at radius 2 is 1.91 bits per heavy atom. The first-order valence-corrected chi connectivity index (χ1v) is 9.45. The van der Waals surface area contributed by atoms with Crippen LogP contribution < -0.4 is 20.9 Å². The van der Waals surface area contributed by atoms with Gasteiger partial charge in [-0.3, -0.25) is 10.0 Å². The lowest BCUT2D eigenvalue weighted by Gasteiger charge is -2.17. The molecule has 174 valence electrons. The van der Waals surface area contributed by atoms with E-state index in [1.165, 1.54) is 30.0 Å². The largest absolute Gasteiger partial charge is 0.461 e. The fraction of sp³-hybridized carbons (Fsp3) is 0.200. The number of carbonyl (C=O) groups excluding carboxylic acids is 1. The van der Waals surface area contributed by atoms with E-state index >= 15 is 0 Å². The monoisotopic (exact) mass is 466 g/mol. The number of hydrogen-bond acceptors (Lipinski definition) is 8. The predicted octanol–water partition coefficient (Wildman–Crippen LogP) is 3.83. The lowest BCUT2D eigenvalue weighted by atomic mass is 10.2. The highest BCUT2D eigenvalue weighted by Gasteiger charge is 2.44. The van der Waals surface area contributed by atoms with Gasteiger partial charge in [-0.25, -0.2) is 20.4 Å². The van der Waals surface area contributed by atoms with Crippen LogP contribution in [0.5, 0.6) is 5.75 Å². The first kappa shape index (κ1) is 23.7. The van der Waals surface area contributed by atoms with Gasteiger partial charge < -0.3 is 15.4 Å². The number of ether oxygens (including phenoxy) is 1. The average molecular weight is 466 g/mol. The summed E-state index contributed by atoms with van der Waals surface area (Å²) in [7, 11) is 0. The van der Waals surface area contributed by atoms with E-state index in [0.29, 0.717) is 17.1 Å². The number of nitrogens with one attached hydrogen (secondary N) is 3. The van der Waals surface area contributed by atoms with Gasteiger partial charge in [0.1, 0.15) is 11.6 Å². The Morgan fingerprint density at radius 3 is 2.67 bits per heavy atom. The molecule has 2 aromatic heterocycles. The number of hydroxylamine groups is 1. The number of hydrogen-bond donors (Lipinski definition) is 4. The quantitative estimate of drug-likeness (QED) is 0.202. The molecule has 0 aliphatic rings. The van der Waals surface area contributed by atoms with Crippen LogP contribution in [-0.2, 0) is 4.79 Å². The third-order valence-corrected chi connectivity index (χ3v) is 4.09. The summed E-state index contributed by atoms with van der Waals surface area (Å²) in [4.78, 5) is 23.6. The van der Waals surface area contributed by atoms with E-state index < -0.39 is 24.2 Å². The van der Waals surface area contributed by atoms with Gasteiger partial charge in [-0.1, -0.05) is 6.07 Å². The van der Waals surface area contributed by atoms with Gasteiger partial charge in [0.25, 0.3) is 0 Å².